The van der Waals surface area contributed by atoms with Crippen LogP contribution in [0.4, 0.5) is 0 Å². The molecule has 0 saturated heterocycles. The molecule has 0 heteroatoms. The number of unbranched alkanes of at least 4 members (excludes halogenated alkanes) is 5. The fourth-order valence-electron chi connectivity index (χ4n) is 4.58. The fourth-order valence-corrected chi connectivity index (χ4v) is 4.58. The van der Waals surface area contributed by atoms with Gasteiger partial charge in [0.15, 0.2) is 0 Å². The summed E-state index contributed by atoms with van der Waals surface area (Å²) in [6.07, 6.45) is 11.9. The quantitative estimate of drug-likeness (QED) is 0.357. The van der Waals surface area contributed by atoms with Crippen molar-refractivity contribution < 1.29 is 0 Å². The second kappa shape index (κ2) is 8.57. The molecule has 0 radical (unpaired) electrons. The Morgan fingerprint density at radius 1 is 0.704 bits per heavy atom. The van der Waals surface area contributed by atoms with Gasteiger partial charge in [-0.05, 0) is 39.5 Å². The van der Waals surface area contributed by atoms with Gasteiger partial charge in [0.2, 0.25) is 0 Å². The maximum absolute atomic E-state index is 2.44. The molecule has 0 spiro atoms. The zero-order valence-corrected chi connectivity index (χ0v) is 16.5. The number of hydrogen-bond donors (Lipinski definition) is 0. The van der Waals surface area contributed by atoms with Crippen molar-refractivity contribution in [1.29, 1.82) is 0 Å². The molecule has 0 heterocycles. The highest BCUT2D eigenvalue weighted by Crippen LogP contribution is 2.46. The Hall–Kier alpha value is -2.34. The summed E-state index contributed by atoms with van der Waals surface area (Å²) in [7, 11) is 0. The van der Waals surface area contributed by atoms with E-state index in [1.54, 1.807) is 0 Å². The van der Waals surface area contributed by atoms with E-state index in [2.05, 4.69) is 79.7 Å². The van der Waals surface area contributed by atoms with Gasteiger partial charge in [0, 0.05) is 5.92 Å². The first-order valence-electron chi connectivity index (χ1n) is 10.7. The molecule has 0 nitrogen and oxygen atoms in total. The molecule has 1 atom stereocenters. The number of hydrogen-bond acceptors (Lipinski definition) is 0. The lowest BCUT2D eigenvalue weighted by Crippen LogP contribution is -2.00. The summed E-state index contributed by atoms with van der Waals surface area (Å²) in [5.41, 5.74) is 5.87. The Balaban J connectivity index is 1.60. The summed E-state index contributed by atoms with van der Waals surface area (Å²) >= 11 is 0. The molecule has 3 aromatic rings. The van der Waals surface area contributed by atoms with Crippen LogP contribution in [0.3, 0.4) is 0 Å². The third kappa shape index (κ3) is 3.86. The van der Waals surface area contributed by atoms with Gasteiger partial charge in [0.1, 0.15) is 0 Å². The van der Waals surface area contributed by atoms with Crippen molar-refractivity contribution in [2.45, 2.75) is 57.8 Å². The summed E-state index contributed by atoms with van der Waals surface area (Å²) < 4.78 is 0. The SMILES string of the molecule is CCCCCCCCC1C(c2cccc3ccccc23)=Cc2ccccc21. The van der Waals surface area contributed by atoms with E-state index < -0.39 is 0 Å². The third-order valence-electron chi connectivity index (χ3n) is 6.00. The predicted molar refractivity (Wildman–Crippen MR) is 119 cm³/mol. The van der Waals surface area contributed by atoms with E-state index in [1.165, 1.54) is 78.0 Å². The molecule has 4 rings (SSSR count). The van der Waals surface area contributed by atoms with Crippen LogP contribution in [-0.2, 0) is 0 Å². The van der Waals surface area contributed by atoms with E-state index in [-0.39, 0.29) is 0 Å². The Kier molecular flexibility index (Phi) is 5.72. The molecule has 0 saturated carbocycles. The molecule has 27 heavy (non-hydrogen) atoms. The van der Waals surface area contributed by atoms with Crippen LogP contribution in [0, 0.1) is 0 Å². The molecule has 0 bridgehead atoms. The largest absolute Gasteiger partial charge is 0.0654 e. The smallest absolute Gasteiger partial charge is 0.0102 e. The first-order chi connectivity index (χ1) is 13.4. The maximum atomic E-state index is 2.44. The van der Waals surface area contributed by atoms with Gasteiger partial charge in [0.25, 0.3) is 0 Å². The molecular formula is C27H30. The Labute approximate surface area is 163 Å². The van der Waals surface area contributed by atoms with Crippen molar-refractivity contribution in [2.75, 3.05) is 0 Å². The van der Waals surface area contributed by atoms with Crippen LogP contribution in [0.2, 0.25) is 0 Å². The minimum absolute atomic E-state index is 0.540. The van der Waals surface area contributed by atoms with Crippen molar-refractivity contribution in [3.63, 3.8) is 0 Å². The molecule has 1 unspecified atom stereocenters. The molecule has 0 aliphatic heterocycles. The van der Waals surface area contributed by atoms with Crippen LogP contribution in [0.1, 0.15) is 74.5 Å². The van der Waals surface area contributed by atoms with Gasteiger partial charge in [-0.25, -0.2) is 0 Å². The van der Waals surface area contributed by atoms with Crippen LogP contribution >= 0.6 is 0 Å². The highest BCUT2D eigenvalue weighted by Gasteiger charge is 2.26. The first-order valence-corrected chi connectivity index (χ1v) is 10.7. The molecule has 3 aromatic carbocycles. The van der Waals surface area contributed by atoms with E-state index >= 15 is 0 Å². The Morgan fingerprint density at radius 2 is 1.44 bits per heavy atom. The van der Waals surface area contributed by atoms with Crippen LogP contribution in [0.15, 0.2) is 66.7 Å². The van der Waals surface area contributed by atoms with E-state index in [0.29, 0.717) is 5.92 Å². The normalized spacial score (nSPS) is 15.7. The second-order valence-corrected chi connectivity index (χ2v) is 7.86. The van der Waals surface area contributed by atoms with Crippen LogP contribution in [-0.4, -0.2) is 0 Å². The van der Waals surface area contributed by atoms with Gasteiger partial charge in [0.05, 0.1) is 0 Å². The lowest BCUT2D eigenvalue weighted by molar-refractivity contribution is 0.578. The molecule has 0 fully saturated rings. The van der Waals surface area contributed by atoms with Crippen molar-refractivity contribution in [1.82, 2.24) is 0 Å². The van der Waals surface area contributed by atoms with Crippen molar-refractivity contribution in [3.8, 4) is 0 Å². The van der Waals surface area contributed by atoms with Gasteiger partial charge in [-0.3, -0.25) is 0 Å². The van der Waals surface area contributed by atoms with E-state index in [9.17, 15) is 0 Å². The van der Waals surface area contributed by atoms with Crippen LogP contribution < -0.4 is 0 Å². The predicted octanol–water partition coefficient (Wildman–Crippen LogP) is 8.23. The zero-order valence-electron chi connectivity index (χ0n) is 16.5. The molecular weight excluding hydrogens is 324 g/mol. The molecule has 0 aromatic heterocycles. The van der Waals surface area contributed by atoms with Crippen LogP contribution in [0.5, 0.6) is 0 Å². The summed E-state index contributed by atoms with van der Waals surface area (Å²) in [6, 6.07) is 24.5. The topological polar surface area (TPSA) is 0 Å². The highest BCUT2D eigenvalue weighted by molar-refractivity contribution is 6.01. The molecule has 0 N–H and O–H groups in total. The van der Waals surface area contributed by atoms with Gasteiger partial charge in [-0.15, -0.1) is 0 Å². The van der Waals surface area contributed by atoms with E-state index in [4.69, 9.17) is 0 Å². The number of benzene rings is 3. The number of rotatable bonds is 8. The molecule has 1 aliphatic carbocycles. The van der Waals surface area contributed by atoms with Gasteiger partial charge in [-0.1, -0.05) is 118 Å². The van der Waals surface area contributed by atoms with Gasteiger partial charge in [-0.2, -0.15) is 0 Å². The lowest BCUT2D eigenvalue weighted by Gasteiger charge is -2.19. The standard InChI is InChI=1S/C27H30/c1-2-3-4-5-6-7-18-25-24-17-11-9-14-22(24)20-27(25)26-19-12-15-21-13-8-10-16-23(21)26/h8-17,19-20,25H,2-7,18H2,1H3. The summed E-state index contributed by atoms with van der Waals surface area (Å²) in [4.78, 5) is 0. The fraction of sp³-hybridized carbons (Fsp3) is 0.333. The zero-order chi connectivity index (χ0) is 18.5. The Morgan fingerprint density at radius 3 is 2.37 bits per heavy atom. The van der Waals surface area contributed by atoms with Crippen molar-refractivity contribution in [3.05, 3.63) is 83.4 Å². The highest BCUT2D eigenvalue weighted by atomic mass is 14.3. The average Bonchev–Trinajstić information content (AvgIpc) is 3.08. The van der Waals surface area contributed by atoms with E-state index in [0.717, 1.165) is 0 Å². The molecule has 138 valence electrons. The third-order valence-corrected chi connectivity index (χ3v) is 6.00. The van der Waals surface area contributed by atoms with Crippen LogP contribution in [0.25, 0.3) is 22.4 Å². The maximum Gasteiger partial charge on any atom is 0.0102 e. The minimum atomic E-state index is 0.540. The van der Waals surface area contributed by atoms with Gasteiger partial charge < -0.3 is 0 Å². The summed E-state index contributed by atoms with van der Waals surface area (Å²) in [5, 5.41) is 2.72. The number of fused-ring (bicyclic) bond motifs is 2. The summed E-state index contributed by atoms with van der Waals surface area (Å²) in [5.74, 6) is 0.540. The number of allylic oxidation sites excluding steroid dienone is 1. The monoisotopic (exact) mass is 354 g/mol. The lowest BCUT2D eigenvalue weighted by atomic mass is 9.85. The second-order valence-electron chi connectivity index (χ2n) is 7.86. The van der Waals surface area contributed by atoms with Gasteiger partial charge >= 0.3 is 0 Å². The van der Waals surface area contributed by atoms with Crippen molar-refractivity contribution >= 4 is 22.4 Å². The molecule has 0 amide bonds. The minimum Gasteiger partial charge on any atom is -0.0654 e. The molecule has 1 aliphatic rings. The van der Waals surface area contributed by atoms with E-state index in [1.807, 2.05) is 0 Å². The van der Waals surface area contributed by atoms with Crippen molar-refractivity contribution in [2.24, 2.45) is 0 Å². The Bertz CT molecular complexity index is 926. The first kappa shape index (κ1) is 18.0. The summed E-state index contributed by atoms with van der Waals surface area (Å²) in [6.45, 7) is 2.29. The average molecular weight is 355 g/mol.